The van der Waals surface area contributed by atoms with Gasteiger partial charge in [0.1, 0.15) is 0 Å². The first kappa shape index (κ1) is 13.0. The van der Waals surface area contributed by atoms with E-state index in [0.717, 1.165) is 19.4 Å². The molecule has 1 aliphatic carbocycles. The minimum absolute atomic E-state index is 0.343. The molecule has 0 aromatic heterocycles. The van der Waals surface area contributed by atoms with Crippen LogP contribution in [0.1, 0.15) is 53.4 Å². The molecule has 0 saturated heterocycles. The van der Waals surface area contributed by atoms with Crippen LogP contribution in [-0.4, -0.2) is 24.3 Å². The highest BCUT2D eigenvalue weighted by Gasteiger charge is 2.64. The lowest BCUT2D eigenvalue weighted by Crippen LogP contribution is -2.23. The van der Waals surface area contributed by atoms with Crippen molar-refractivity contribution in [3.8, 4) is 0 Å². The van der Waals surface area contributed by atoms with E-state index in [-0.39, 0.29) is 0 Å². The van der Waals surface area contributed by atoms with Crippen molar-refractivity contribution in [1.29, 1.82) is 0 Å². The summed E-state index contributed by atoms with van der Waals surface area (Å²) >= 11 is 0. The van der Waals surface area contributed by atoms with E-state index in [1.807, 2.05) is 0 Å². The van der Waals surface area contributed by atoms with Crippen LogP contribution in [0.5, 0.6) is 0 Å². The van der Waals surface area contributed by atoms with Gasteiger partial charge in [-0.15, -0.1) is 0 Å². The highest BCUT2D eigenvalue weighted by Crippen LogP contribution is 2.62. The van der Waals surface area contributed by atoms with Gasteiger partial charge in [-0.1, -0.05) is 40.5 Å². The van der Waals surface area contributed by atoms with E-state index in [4.69, 9.17) is 5.11 Å². The van der Waals surface area contributed by atoms with E-state index in [1.165, 1.54) is 12.8 Å². The van der Waals surface area contributed by atoms with Gasteiger partial charge in [0.05, 0.1) is 0 Å². The fraction of sp³-hybridized carbons (Fsp3) is 1.00. The largest absolute Gasteiger partial charge is 0.396 e. The number of nitrogens with one attached hydrogen (secondary N) is 1. The number of aliphatic hydroxyl groups is 1. The van der Waals surface area contributed by atoms with E-state index in [2.05, 4.69) is 33.0 Å². The summed E-state index contributed by atoms with van der Waals surface area (Å²) in [5.41, 5.74) is 0.913. The Morgan fingerprint density at radius 1 is 0.933 bits per heavy atom. The first-order chi connectivity index (χ1) is 6.94. The van der Waals surface area contributed by atoms with Crippen LogP contribution in [0.2, 0.25) is 0 Å². The summed E-state index contributed by atoms with van der Waals surface area (Å²) in [6, 6.07) is 0.683. The highest BCUT2D eigenvalue weighted by molar-refractivity contribution is 5.17. The average Bonchev–Trinajstić information content (AvgIpc) is 2.52. The second-order valence-corrected chi connectivity index (χ2v) is 5.97. The maximum Gasteiger partial charge on any atom is 0.0431 e. The number of hydrogen-bond donors (Lipinski definition) is 2. The third kappa shape index (κ3) is 2.73. The first-order valence-electron chi connectivity index (χ1n) is 6.29. The minimum atomic E-state index is 0.343. The highest BCUT2D eigenvalue weighted by atomic mass is 16.2. The Labute approximate surface area is 94.5 Å². The number of unbranched alkanes of at least 4 members (excludes halogenated alkanes) is 3. The molecule has 0 unspecified atom stereocenters. The molecule has 0 amide bonds. The molecular weight excluding hydrogens is 186 g/mol. The number of hydrogen-bond acceptors (Lipinski definition) is 2. The van der Waals surface area contributed by atoms with Crippen LogP contribution < -0.4 is 5.32 Å². The standard InChI is InChI=1S/C13H27NO/c1-12(2)11(13(12,3)4)14-9-7-5-6-8-10-15/h11,14-15H,5-10H2,1-4H3. The topological polar surface area (TPSA) is 32.3 Å². The van der Waals surface area contributed by atoms with Crippen molar-refractivity contribution in [3.63, 3.8) is 0 Å². The summed E-state index contributed by atoms with van der Waals surface area (Å²) in [6.45, 7) is 10.8. The molecule has 2 nitrogen and oxygen atoms in total. The lowest BCUT2D eigenvalue weighted by molar-refractivity contribution is 0.282. The van der Waals surface area contributed by atoms with Crippen LogP contribution in [0.15, 0.2) is 0 Å². The SMILES string of the molecule is CC1(C)C(NCCCCCCO)C1(C)C. The van der Waals surface area contributed by atoms with E-state index in [0.29, 0.717) is 23.5 Å². The number of aliphatic hydroxyl groups excluding tert-OH is 1. The van der Waals surface area contributed by atoms with Crippen LogP contribution in [0, 0.1) is 10.8 Å². The Morgan fingerprint density at radius 3 is 1.93 bits per heavy atom. The molecule has 1 rings (SSSR count). The van der Waals surface area contributed by atoms with Gasteiger partial charge < -0.3 is 10.4 Å². The Kier molecular flexibility index (Phi) is 4.19. The molecule has 0 aromatic rings. The van der Waals surface area contributed by atoms with Gasteiger partial charge in [0.15, 0.2) is 0 Å². The molecular formula is C13H27NO. The second-order valence-electron chi connectivity index (χ2n) is 5.97. The first-order valence-corrected chi connectivity index (χ1v) is 6.29. The third-order valence-electron chi connectivity index (χ3n) is 4.45. The molecule has 0 heterocycles. The van der Waals surface area contributed by atoms with E-state index in [1.54, 1.807) is 0 Å². The zero-order valence-electron chi connectivity index (χ0n) is 10.8. The lowest BCUT2D eigenvalue weighted by atomic mass is 10.0. The van der Waals surface area contributed by atoms with Crippen LogP contribution in [0.3, 0.4) is 0 Å². The molecule has 1 saturated carbocycles. The molecule has 2 heteroatoms. The molecule has 15 heavy (non-hydrogen) atoms. The Balaban J connectivity index is 2.03. The lowest BCUT2D eigenvalue weighted by Gasteiger charge is -2.05. The van der Waals surface area contributed by atoms with Crippen LogP contribution in [0.4, 0.5) is 0 Å². The molecule has 0 atom stereocenters. The van der Waals surface area contributed by atoms with Gasteiger partial charge in [-0.05, 0) is 30.2 Å². The molecule has 0 spiro atoms. The molecule has 0 radical (unpaired) electrons. The minimum Gasteiger partial charge on any atom is -0.396 e. The summed E-state index contributed by atoms with van der Waals surface area (Å²) < 4.78 is 0. The molecule has 0 aliphatic heterocycles. The van der Waals surface area contributed by atoms with Crippen molar-refractivity contribution in [2.75, 3.05) is 13.2 Å². The smallest absolute Gasteiger partial charge is 0.0431 e. The van der Waals surface area contributed by atoms with E-state index >= 15 is 0 Å². The maximum absolute atomic E-state index is 8.64. The van der Waals surface area contributed by atoms with Crippen LogP contribution in [0.25, 0.3) is 0 Å². The summed E-state index contributed by atoms with van der Waals surface area (Å²) in [7, 11) is 0. The fourth-order valence-electron chi connectivity index (χ4n) is 2.54. The van der Waals surface area contributed by atoms with Crippen LogP contribution >= 0.6 is 0 Å². The zero-order valence-corrected chi connectivity index (χ0v) is 10.8. The van der Waals surface area contributed by atoms with Crippen molar-refractivity contribution in [1.82, 2.24) is 5.32 Å². The summed E-state index contributed by atoms with van der Waals surface area (Å²) in [5, 5.41) is 12.3. The zero-order chi connectivity index (χ0) is 11.5. The molecule has 0 aromatic carbocycles. The van der Waals surface area contributed by atoms with Gasteiger partial charge in [-0.3, -0.25) is 0 Å². The Morgan fingerprint density at radius 2 is 1.47 bits per heavy atom. The monoisotopic (exact) mass is 213 g/mol. The van der Waals surface area contributed by atoms with Crippen LogP contribution in [-0.2, 0) is 0 Å². The van der Waals surface area contributed by atoms with Gasteiger partial charge in [-0.25, -0.2) is 0 Å². The van der Waals surface area contributed by atoms with Gasteiger partial charge in [0, 0.05) is 12.6 Å². The molecule has 2 N–H and O–H groups in total. The normalized spacial score (nSPS) is 23.0. The van der Waals surface area contributed by atoms with E-state index in [9.17, 15) is 0 Å². The third-order valence-corrected chi connectivity index (χ3v) is 4.45. The van der Waals surface area contributed by atoms with Crippen molar-refractivity contribution in [3.05, 3.63) is 0 Å². The van der Waals surface area contributed by atoms with Crippen molar-refractivity contribution in [2.24, 2.45) is 10.8 Å². The molecule has 90 valence electrons. The molecule has 1 fully saturated rings. The fourth-order valence-corrected chi connectivity index (χ4v) is 2.54. The summed E-state index contributed by atoms with van der Waals surface area (Å²) in [4.78, 5) is 0. The average molecular weight is 213 g/mol. The van der Waals surface area contributed by atoms with Crippen molar-refractivity contribution in [2.45, 2.75) is 59.4 Å². The quantitative estimate of drug-likeness (QED) is 0.637. The van der Waals surface area contributed by atoms with Gasteiger partial charge >= 0.3 is 0 Å². The predicted molar refractivity (Wildman–Crippen MR) is 64.9 cm³/mol. The van der Waals surface area contributed by atoms with Gasteiger partial charge in [0.2, 0.25) is 0 Å². The second kappa shape index (κ2) is 4.84. The molecule has 0 bridgehead atoms. The Hall–Kier alpha value is -0.0800. The predicted octanol–water partition coefficient (Wildman–Crippen LogP) is 2.56. The summed E-state index contributed by atoms with van der Waals surface area (Å²) in [5.74, 6) is 0. The van der Waals surface area contributed by atoms with Crippen molar-refractivity contribution >= 4 is 0 Å². The number of rotatable bonds is 7. The Bertz CT molecular complexity index is 185. The maximum atomic E-state index is 8.64. The van der Waals surface area contributed by atoms with Gasteiger partial charge in [-0.2, -0.15) is 0 Å². The van der Waals surface area contributed by atoms with E-state index < -0.39 is 0 Å². The summed E-state index contributed by atoms with van der Waals surface area (Å²) in [6.07, 6.45) is 4.60. The molecule has 1 aliphatic rings. The van der Waals surface area contributed by atoms with Crippen molar-refractivity contribution < 1.29 is 5.11 Å². The van der Waals surface area contributed by atoms with Gasteiger partial charge in [0.25, 0.3) is 0 Å².